The summed E-state index contributed by atoms with van der Waals surface area (Å²) in [6.07, 6.45) is 8.75. The summed E-state index contributed by atoms with van der Waals surface area (Å²) in [6, 6.07) is 17.4. The minimum atomic E-state index is 0.154. The average molecular weight is 401 g/mol. The highest BCUT2D eigenvalue weighted by molar-refractivity contribution is 5.22. The van der Waals surface area contributed by atoms with E-state index >= 15 is 0 Å². The first-order valence-corrected chi connectivity index (χ1v) is 11.3. The quantitative estimate of drug-likeness (QED) is 0.655. The maximum Gasteiger partial charge on any atom is 0.251 e. The van der Waals surface area contributed by atoms with E-state index in [2.05, 4.69) is 61.6 Å². The lowest BCUT2D eigenvalue weighted by Gasteiger charge is -2.47. The highest BCUT2D eigenvalue weighted by Gasteiger charge is 2.40. The van der Waals surface area contributed by atoms with Crippen LogP contribution in [0.5, 0.6) is 0 Å². The van der Waals surface area contributed by atoms with Crippen LogP contribution in [0.4, 0.5) is 0 Å². The standard InChI is InChI=1S/C25H28N4O/c30-25-8-4-7-22-19-14-20(23(29(22)25)13-18-5-2-1-3-6-18)16-27(15-19)17-24-26-11-12-28(24)21-9-10-21/h1-8,11-12,19-21,23H,9-10,13-17H2/t19-,20+,23+/m1/s1. The number of fused-ring (bicyclic) bond motifs is 4. The predicted molar refractivity (Wildman–Crippen MR) is 117 cm³/mol. The monoisotopic (exact) mass is 400 g/mol. The lowest BCUT2D eigenvalue weighted by molar-refractivity contribution is 0.0827. The fourth-order valence-electron chi connectivity index (χ4n) is 5.73. The van der Waals surface area contributed by atoms with Crippen LogP contribution in [-0.4, -0.2) is 32.1 Å². The summed E-state index contributed by atoms with van der Waals surface area (Å²) in [5.41, 5.74) is 2.68. The van der Waals surface area contributed by atoms with Crippen molar-refractivity contribution in [2.24, 2.45) is 5.92 Å². The van der Waals surface area contributed by atoms with Gasteiger partial charge in [0.05, 0.1) is 6.54 Å². The van der Waals surface area contributed by atoms with E-state index < -0.39 is 0 Å². The summed E-state index contributed by atoms with van der Waals surface area (Å²) in [5.74, 6) is 2.11. The van der Waals surface area contributed by atoms with Gasteiger partial charge >= 0.3 is 0 Å². The number of likely N-dealkylation sites (tertiary alicyclic amines) is 1. The highest BCUT2D eigenvalue weighted by atomic mass is 16.1. The Hall–Kier alpha value is -2.66. The summed E-state index contributed by atoms with van der Waals surface area (Å²) in [7, 11) is 0. The Morgan fingerprint density at radius 1 is 1.00 bits per heavy atom. The van der Waals surface area contributed by atoms with Crippen molar-refractivity contribution in [1.29, 1.82) is 0 Å². The van der Waals surface area contributed by atoms with Crippen LogP contribution >= 0.6 is 0 Å². The molecule has 2 bridgehead atoms. The van der Waals surface area contributed by atoms with Gasteiger partial charge in [0.25, 0.3) is 5.56 Å². The number of aromatic nitrogens is 3. The minimum absolute atomic E-state index is 0.154. The highest BCUT2D eigenvalue weighted by Crippen LogP contribution is 2.43. The second-order valence-corrected chi connectivity index (χ2v) is 9.28. The van der Waals surface area contributed by atoms with E-state index in [0.717, 1.165) is 26.1 Å². The third-order valence-electron chi connectivity index (χ3n) is 7.22. The van der Waals surface area contributed by atoms with Gasteiger partial charge in [-0.1, -0.05) is 36.4 Å². The van der Waals surface area contributed by atoms with Crippen LogP contribution in [0.15, 0.2) is 65.7 Å². The zero-order valence-electron chi connectivity index (χ0n) is 17.2. The number of rotatable bonds is 5. The van der Waals surface area contributed by atoms with E-state index in [1.165, 1.54) is 36.3 Å². The molecule has 2 fully saturated rings. The Morgan fingerprint density at radius 2 is 1.87 bits per heavy atom. The molecule has 30 heavy (non-hydrogen) atoms. The molecule has 0 N–H and O–H groups in total. The molecule has 1 aromatic carbocycles. The molecule has 1 saturated heterocycles. The molecule has 3 aromatic rings. The number of imidazole rings is 1. The van der Waals surface area contributed by atoms with Gasteiger partial charge in [-0.25, -0.2) is 4.98 Å². The Balaban J connectivity index is 1.32. The third-order valence-corrected chi connectivity index (χ3v) is 7.22. The smallest absolute Gasteiger partial charge is 0.251 e. The molecule has 1 aliphatic carbocycles. The molecule has 0 radical (unpaired) electrons. The second-order valence-electron chi connectivity index (χ2n) is 9.28. The van der Waals surface area contributed by atoms with E-state index in [0.29, 0.717) is 17.9 Å². The van der Waals surface area contributed by atoms with Gasteiger partial charge in [-0.05, 0) is 43.2 Å². The summed E-state index contributed by atoms with van der Waals surface area (Å²) in [5, 5.41) is 0. The van der Waals surface area contributed by atoms with Crippen molar-refractivity contribution in [2.45, 2.75) is 50.2 Å². The molecular weight excluding hydrogens is 372 g/mol. The number of benzene rings is 1. The SMILES string of the molecule is O=c1cccc2n1[C@@H](Cc1ccccc1)[C@H]1C[C@@H]2CN(Cc2nccn2C2CC2)C1. The van der Waals surface area contributed by atoms with E-state index in [1.54, 1.807) is 6.07 Å². The van der Waals surface area contributed by atoms with Crippen molar-refractivity contribution >= 4 is 0 Å². The Morgan fingerprint density at radius 3 is 2.70 bits per heavy atom. The minimum Gasteiger partial charge on any atom is -0.331 e. The topological polar surface area (TPSA) is 43.1 Å². The normalized spacial score (nSPS) is 25.8. The average Bonchev–Trinajstić information content (AvgIpc) is 3.51. The van der Waals surface area contributed by atoms with Crippen molar-refractivity contribution in [1.82, 2.24) is 19.0 Å². The summed E-state index contributed by atoms with van der Waals surface area (Å²) in [4.78, 5) is 20.2. The van der Waals surface area contributed by atoms with Crippen LogP contribution in [0.25, 0.3) is 0 Å². The van der Waals surface area contributed by atoms with Crippen LogP contribution in [0.2, 0.25) is 0 Å². The zero-order chi connectivity index (χ0) is 20.1. The molecule has 3 atom stereocenters. The lowest BCUT2D eigenvalue weighted by Crippen LogP contribution is -2.49. The molecule has 154 valence electrons. The number of pyridine rings is 1. The molecule has 0 spiro atoms. The van der Waals surface area contributed by atoms with Gasteiger partial charge in [0.1, 0.15) is 5.82 Å². The van der Waals surface area contributed by atoms with Crippen LogP contribution in [0.1, 0.15) is 54.3 Å². The van der Waals surface area contributed by atoms with Gasteiger partial charge in [-0.2, -0.15) is 0 Å². The van der Waals surface area contributed by atoms with E-state index in [1.807, 2.05) is 12.3 Å². The molecule has 5 heteroatoms. The summed E-state index contributed by atoms with van der Waals surface area (Å²) in [6.45, 7) is 2.95. The molecule has 0 amide bonds. The van der Waals surface area contributed by atoms with Crippen LogP contribution < -0.4 is 5.56 Å². The van der Waals surface area contributed by atoms with E-state index in [9.17, 15) is 4.79 Å². The summed E-state index contributed by atoms with van der Waals surface area (Å²) < 4.78 is 4.50. The van der Waals surface area contributed by atoms with Gasteiger partial charge in [0, 0.05) is 55.2 Å². The third kappa shape index (κ3) is 3.21. The molecule has 6 rings (SSSR count). The number of nitrogens with zero attached hydrogens (tertiary/aromatic N) is 4. The van der Waals surface area contributed by atoms with E-state index in [4.69, 9.17) is 0 Å². The van der Waals surface area contributed by atoms with Crippen LogP contribution in [0, 0.1) is 5.92 Å². The predicted octanol–water partition coefficient (Wildman–Crippen LogP) is 3.78. The Kier molecular flexibility index (Phi) is 4.38. The van der Waals surface area contributed by atoms with Gasteiger partial charge < -0.3 is 9.13 Å². The van der Waals surface area contributed by atoms with Gasteiger partial charge in [0.2, 0.25) is 0 Å². The first kappa shape index (κ1) is 18.1. The first-order valence-electron chi connectivity index (χ1n) is 11.3. The number of piperidine rings is 1. The van der Waals surface area contributed by atoms with Crippen LogP contribution in [0.3, 0.4) is 0 Å². The van der Waals surface area contributed by atoms with Crippen molar-refractivity contribution in [3.63, 3.8) is 0 Å². The lowest BCUT2D eigenvalue weighted by atomic mass is 9.76. The molecule has 3 aliphatic rings. The molecule has 2 aromatic heterocycles. The largest absolute Gasteiger partial charge is 0.331 e. The maximum absolute atomic E-state index is 12.9. The fourth-order valence-corrected chi connectivity index (χ4v) is 5.73. The summed E-state index contributed by atoms with van der Waals surface area (Å²) >= 11 is 0. The number of hydrogen-bond acceptors (Lipinski definition) is 3. The van der Waals surface area contributed by atoms with Gasteiger partial charge in [-0.15, -0.1) is 0 Å². The molecule has 5 nitrogen and oxygen atoms in total. The molecular formula is C25H28N4O. The van der Waals surface area contributed by atoms with Crippen molar-refractivity contribution < 1.29 is 0 Å². The molecule has 4 heterocycles. The molecule has 1 saturated carbocycles. The molecule has 0 unspecified atom stereocenters. The van der Waals surface area contributed by atoms with Crippen molar-refractivity contribution in [2.75, 3.05) is 13.1 Å². The van der Waals surface area contributed by atoms with Gasteiger partial charge in [0.15, 0.2) is 0 Å². The number of hydrogen-bond donors (Lipinski definition) is 0. The van der Waals surface area contributed by atoms with Crippen LogP contribution in [-0.2, 0) is 13.0 Å². The maximum atomic E-state index is 12.9. The van der Waals surface area contributed by atoms with E-state index in [-0.39, 0.29) is 11.6 Å². The first-order chi connectivity index (χ1) is 14.8. The van der Waals surface area contributed by atoms with Gasteiger partial charge in [-0.3, -0.25) is 9.69 Å². The van der Waals surface area contributed by atoms with Crippen molar-refractivity contribution in [3.05, 3.63) is 88.4 Å². The Labute approximate surface area is 177 Å². The second kappa shape index (κ2) is 7.24. The molecule has 2 aliphatic heterocycles. The fraction of sp³-hybridized carbons (Fsp3) is 0.440. The Bertz CT molecular complexity index is 1100. The zero-order valence-corrected chi connectivity index (χ0v) is 17.2. The van der Waals surface area contributed by atoms with Crippen molar-refractivity contribution in [3.8, 4) is 0 Å².